The molecule has 1 unspecified atom stereocenters. The van der Waals surface area contributed by atoms with Crippen LogP contribution in [0.4, 0.5) is 5.69 Å². The number of aromatic nitrogens is 2. The van der Waals surface area contributed by atoms with Crippen LogP contribution in [0.15, 0.2) is 54.7 Å². The first-order chi connectivity index (χ1) is 13.2. The van der Waals surface area contributed by atoms with E-state index in [4.69, 9.17) is 19.9 Å². The third-order valence-corrected chi connectivity index (χ3v) is 4.57. The maximum atomic E-state index is 5.98. The van der Waals surface area contributed by atoms with Crippen LogP contribution in [-0.2, 0) is 11.3 Å². The number of hydrogen-bond donors (Lipinski definition) is 1. The molecule has 1 fully saturated rings. The van der Waals surface area contributed by atoms with Gasteiger partial charge >= 0.3 is 0 Å². The molecule has 3 aromatic rings. The normalized spacial score (nSPS) is 16.4. The lowest BCUT2D eigenvalue weighted by Crippen LogP contribution is -2.14. The van der Waals surface area contributed by atoms with Gasteiger partial charge in [0, 0.05) is 23.9 Å². The summed E-state index contributed by atoms with van der Waals surface area (Å²) in [5, 5.41) is 4.68. The van der Waals surface area contributed by atoms with E-state index in [2.05, 4.69) is 5.10 Å². The van der Waals surface area contributed by atoms with Crippen molar-refractivity contribution in [3.63, 3.8) is 0 Å². The summed E-state index contributed by atoms with van der Waals surface area (Å²) < 4.78 is 18.9. The van der Waals surface area contributed by atoms with Crippen LogP contribution in [0.5, 0.6) is 11.5 Å². The molecule has 2 heterocycles. The van der Waals surface area contributed by atoms with Gasteiger partial charge in [0.2, 0.25) is 0 Å². The van der Waals surface area contributed by atoms with Gasteiger partial charge in [-0.25, -0.2) is 0 Å². The highest BCUT2D eigenvalue weighted by Gasteiger charge is 2.19. The molecular weight excluding hydrogens is 342 g/mol. The van der Waals surface area contributed by atoms with Crippen molar-refractivity contribution >= 4 is 5.69 Å². The van der Waals surface area contributed by atoms with E-state index in [1.54, 1.807) is 7.11 Å². The summed E-state index contributed by atoms with van der Waals surface area (Å²) in [4.78, 5) is 0. The van der Waals surface area contributed by atoms with Gasteiger partial charge in [-0.05, 0) is 48.4 Å². The summed E-state index contributed by atoms with van der Waals surface area (Å²) in [6.07, 6.45) is 3.67. The van der Waals surface area contributed by atoms with Crippen molar-refractivity contribution in [3.05, 3.63) is 60.3 Å². The summed E-state index contributed by atoms with van der Waals surface area (Å²) in [7, 11) is 1.64. The van der Waals surface area contributed by atoms with E-state index in [0.717, 1.165) is 42.0 Å². The van der Waals surface area contributed by atoms with Gasteiger partial charge in [0.1, 0.15) is 0 Å². The molecule has 0 amide bonds. The second-order valence-electron chi connectivity index (χ2n) is 6.57. The van der Waals surface area contributed by atoms with E-state index >= 15 is 0 Å². The Morgan fingerprint density at radius 1 is 1.15 bits per heavy atom. The van der Waals surface area contributed by atoms with Gasteiger partial charge in [-0.2, -0.15) is 5.10 Å². The van der Waals surface area contributed by atoms with E-state index in [-0.39, 0.29) is 6.29 Å². The molecule has 1 atom stereocenters. The number of nitrogens with two attached hydrogens (primary N) is 1. The van der Waals surface area contributed by atoms with Crippen molar-refractivity contribution in [2.24, 2.45) is 0 Å². The Kier molecular flexibility index (Phi) is 4.98. The van der Waals surface area contributed by atoms with Crippen molar-refractivity contribution in [2.45, 2.75) is 25.7 Å². The number of nitrogens with zero attached hydrogens (tertiary/aromatic N) is 2. The van der Waals surface area contributed by atoms with Crippen LogP contribution >= 0.6 is 0 Å². The first-order valence-electron chi connectivity index (χ1n) is 9.06. The summed E-state index contributed by atoms with van der Waals surface area (Å²) in [6.45, 7) is 1.43. The molecule has 0 aliphatic carbocycles. The molecule has 0 spiro atoms. The monoisotopic (exact) mass is 365 g/mol. The van der Waals surface area contributed by atoms with Gasteiger partial charge in [0.25, 0.3) is 0 Å². The zero-order chi connectivity index (χ0) is 18.6. The summed E-state index contributed by atoms with van der Waals surface area (Å²) in [6, 6.07) is 15.7. The Hall–Kier alpha value is -2.99. The second-order valence-corrected chi connectivity index (χ2v) is 6.57. The standard InChI is InChI=1S/C21H23N3O3/c1-25-19-9-6-16(13-20(19)27-21-3-2-12-26-21)18-10-11-24(23-18)14-15-4-7-17(22)8-5-15/h4-11,13,21H,2-3,12,14,22H2,1H3. The molecule has 1 aromatic heterocycles. The number of benzene rings is 2. The molecule has 27 heavy (non-hydrogen) atoms. The maximum absolute atomic E-state index is 5.98. The van der Waals surface area contributed by atoms with E-state index < -0.39 is 0 Å². The highest BCUT2D eigenvalue weighted by atomic mass is 16.7. The van der Waals surface area contributed by atoms with Gasteiger partial charge in [-0.3, -0.25) is 4.68 Å². The molecule has 6 nitrogen and oxygen atoms in total. The van der Waals surface area contributed by atoms with E-state index in [1.165, 1.54) is 0 Å². The van der Waals surface area contributed by atoms with Gasteiger partial charge in [0.15, 0.2) is 17.8 Å². The molecule has 1 saturated heterocycles. The number of methoxy groups -OCH3 is 1. The lowest BCUT2D eigenvalue weighted by molar-refractivity contribution is -0.0402. The van der Waals surface area contributed by atoms with Crippen LogP contribution in [0, 0.1) is 0 Å². The molecule has 2 N–H and O–H groups in total. The van der Waals surface area contributed by atoms with Gasteiger partial charge in [-0.1, -0.05) is 12.1 Å². The highest BCUT2D eigenvalue weighted by Crippen LogP contribution is 2.34. The van der Waals surface area contributed by atoms with Crippen LogP contribution in [0.1, 0.15) is 18.4 Å². The second kappa shape index (κ2) is 7.72. The summed E-state index contributed by atoms with van der Waals surface area (Å²) >= 11 is 0. The molecule has 0 saturated carbocycles. The Morgan fingerprint density at radius 3 is 2.74 bits per heavy atom. The summed E-state index contributed by atoms with van der Waals surface area (Å²) in [5.41, 5.74) is 9.50. The molecule has 140 valence electrons. The summed E-state index contributed by atoms with van der Waals surface area (Å²) in [5.74, 6) is 1.37. The van der Waals surface area contributed by atoms with Gasteiger partial charge in [-0.15, -0.1) is 0 Å². The maximum Gasteiger partial charge on any atom is 0.200 e. The quantitative estimate of drug-likeness (QED) is 0.674. The fraction of sp³-hybridized carbons (Fsp3) is 0.286. The fourth-order valence-corrected chi connectivity index (χ4v) is 3.12. The van der Waals surface area contributed by atoms with Gasteiger partial charge in [0.05, 0.1) is 26.0 Å². The van der Waals surface area contributed by atoms with Crippen molar-refractivity contribution < 1.29 is 14.2 Å². The van der Waals surface area contributed by atoms with Crippen LogP contribution in [-0.4, -0.2) is 29.8 Å². The van der Waals surface area contributed by atoms with Crippen molar-refractivity contribution in [3.8, 4) is 22.8 Å². The lowest BCUT2D eigenvalue weighted by Gasteiger charge is -2.16. The highest BCUT2D eigenvalue weighted by molar-refractivity contribution is 5.63. The third kappa shape index (κ3) is 4.06. The molecule has 6 heteroatoms. The van der Waals surface area contributed by atoms with Gasteiger partial charge < -0.3 is 19.9 Å². The molecule has 2 aromatic carbocycles. The Morgan fingerprint density at radius 2 is 2.00 bits per heavy atom. The van der Waals surface area contributed by atoms with Crippen LogP contribution < -0.4 is 15.2 Å². The van der Waals surface area contributed by atoms with E-state index in [0.29, 0.717) is 18.0 Å². The number of anilines is 1. The minimum atomic E-state index is -0.211. The SMILES string of the molecule is COc1ccc(-c2ccn(Cc3ccc(N)cc3)n2)cc1OC1CCCO1. The Bertz CT molecular complexity index is 899. The minimum Gasteiger partial charge on any atom is -0.493 e. The number of ether oxygens (including phenoxy) is 3. The van der Waals surface area contributed by atoms with Crippen LogP contribution in [0.3, 0.4) is 0 Å². The molecule has 0 radical (unpaired) electrons. The fourth-order valence-electron chi connectivity index (χ4n) is 3.12. The first kappa shape index (κ1) is 17.4. The average molecular weight is 365 g/mol. The predicted molar refractivity (Wildman–Crippen MR) is 104 cm³/mol. The van der Waals surface area contributed by atoms with Crippen LogP contribution in [0.25, 0.3) is 11.3 Å². The predicted octanol–water partition coefficient (Wildman–Crippen LogP) is 3.70. The topological polar surface area (TPSA) is 71.5 Å². The van der Waals surface area contributed by atoms with Crippen molar-refractivity contribution in [1.29, 1.82) is 0 Å². The zero-order valence-electron chi connectivity index (χ0n) is 15.3. The van der Waals surface area contributed by atoms with E-state index in [1.807, 2.05) is 59.4 Å². The third-order valence-electron chi connectivity index (χ3n) is 4.57. The van der Waals surface area contributed by atoms with Crippen molar-refractivity contribution in [2.75, 3.05) is 19.5 Å². The Labute approximate surface area is 158 Å². The van der Waals surface area contributed by atoms with Crippen molar-refractivity contribution in [1.82, 2.24) is 9.78 Å². The molecular formula is C21H23N3O3. The smallest absolute Gasteiger partial charge is 0.200 e. The molecule has 1 aliphatic heterocycles. The first-order valence-corrected chi connectivity index (χ1v) is 9.06. The van der Waals surface area contributed by atoms with Crippen LogP contribution in [0.2, 0.25) is 0 Å². The molecule has 0 bridgehead atoms. The number of nitrogen functional groups attached to an aromatic ring is 1. The molecule has 1 aliphatic rings. The number of rotatable bonds is 6. The zero-order valence-corrected chi connectivity index (χ0v) is 15.3. The largest absolute Gasteiger partial charge is 0.493 e. The van der Waals surface area contributed by atoms with E-state index in [9.17, 15) is 0 Å². The Balaban J connectivity index is 1.54. The lowest BCUT2D eigenvalue weighted by atomic mass is 10.1. The number of hydrogen-bond acceptors (Lipinski definition) is 5. The minimum absolute atomic E-state index is 0.211. The average Bonchev–Trinajstić information content (AvgIpc) is 3.36. The molecule has 4 rings (SSSR count).